The highest BCUT2D eigenvalue weighted by molar-refractivity contribution is 5.89. The minimum absolute atomic E-state index is 0.0101. The molecule has 1 aliphatic carbocycles. The maximum absolute atomic E-state index is 15.0. The van der Waals surface area contributed by atoms with E-state index in [2.05, 4.69) is 11.9 Å². The molecule has 2 heterocycles. The number of ether oxygens (including phenoxy) is 1. The summed E-state index contributed by atoms with van der Waals surface area (Å²) in [6, 6.07) is 16.4. The van der Waals surface area contributed by atoms with Gasteiger partial charge in [0.2, 0.25) is 11.8 Å². The first-order chi connectivity index (χ1) is 18.4. The van der Waals surface area contributed by atoms with E-state index >= 15 is 4.39 Å². The highest BCUT2D eigenvalue weighted by Gasteiger charge is 2.49. The second-order valence-corrected chi connectivity index (χ2v) is 11.6. The number of likely N-dealkylation sites (tertiary alicyclic amines) is 1. The van der Waals surface area contributed by atoms with Crippen molar-refractivity contribution in [3.05, 3.63) is 66.0 Å². The smallest absolute Gasteiger partial charge is 0.233 e. The highest BCUT2D eigenvalue weighted by Crippen LogP contribution is 2.45. The minimum atomic E-state index is -0.823. The van der Waals surface area contributed by atoms with Crippen LogP contribution in [-0.4, -0.2) is 79.4 Å². The van der Waals surface area contributed by atoms with Crippen molar-refractivity contribution in [2.45, 2.75) is 50.4 Å². The van der Waals surface area contributed by atoms with E-state index in [-0.39, 0.29) is 17.6 Å². The molecule has 0 unspecified atom stereocenters. The van der Waals surface area contributed by atoms with Crippen LogP contribution in [0.25, 0.3) is 0 Å². The fraction of sp³-hybridized carbons (Fsp3) is 0.548. The average molecular weight is 522 g/mol. The van der Waals surface area contributed by atoms with Crippen LogP contribution in [0.3, 0.4) is 0 Å². The third-order valence-corrected chi connectivity index (χ3v) is 8.87. The number of likely N-dealkylation sites (N-methyl/N-ethyl adjacent to an activating group) is 1. The van der Waals surface area contributed by atoms with Crippen molar-refractivity contribution < 1.29 is 18.7 Å². The Kier molecular flexibility index (Phi) is 8.03. The van der Waals surface area contributed by atoms with Crippen LogP contribution in [-0.2, 0) is 15.0 Å². The SMILES string of the molecule is CN1CCN(C(=O)C[C@@]2(COc3ccccc3)CCCN(C(=O)C3(c4ccccc4F)CCCC3)C2)CC1. The van der Waals surface area contributed by atoms with Crippen LogP contribution in [0.2, 0.25) is 0 Å². The molecule has 1 atom stereocenters. The molecule has 3 aliphatic rings. The molecule has 2 saturated heterocycles. The van der Waals surface area contributed by atoms with Gasteiger partial charge in [0.05, 0.1) is 12.0 Å². The Balaban J connectivity index is 1.39. The van der Waals surface area contributed by atoms with E-state index in [1.807, 2.05) is 46.2 Å². The first kappa shape index (κ1) is 26.7. The number of carbonyl (C=O) groups excluding carboxylic acids is 2. The summed E-state index contributed by atoms with van der Waals surface area (Å²) in [6.45, 7) is 4.64. The lowest BCUT2D eigenvalue weighted by molar-refractivity contribution is -0.146. The lowest BCUT2D eigenvalue weighted by atomic mass is 9.73. The Morgan fingerprint density at radius 3 is 2.24 bits per heavy atom. The molecule has 2 amide bonds. The summed E-state index contributed by atoms with van der Waals surface area (Å²) >= 11 is 0. The number of benzene rings is 2. The Morgan fingerprint density at radius 1 is 0.842 bits per heavy atom. The van der Waals surface area contributed by atoms with E-state index in [0.717, 1.165) is 57.6 Å². The molecular weight excluding hydrogens is 481 g/mol. The van der Waals surface area contributed by atoms with E-state index in [1.54, 1.807) is 12.1 Å². The predicted molar refractivity (Wildman–Crippen MR) is 145 cm³/mol. The van der Waals surface area contributed by atoms with Gasteiger partial charge in [0.25, 0.3) is 0 Å². The second-order valence-electron chi connectivity index (χ2n) is 11.6. The van der Waals surface area contributed by atoms with Crippen molar-refractivity contribution in [3.8, 4) is 5.75 Å². The summed E-state index contributed by atoms with van der Waals surface area (Å²) in [7, 11) is 2.08. The summed E-state index contributed by atoms with van der Waals surface area (Å²) in [5.41, 5.74) is -0.789. The third-order valence-electron chi connectivity index (χ3n) is 8.87. The zero-order chi connectivity index (χ0) is 26.6. The number of carbonyl (C=O) groups is 2. The van der Waals surface area contributed by atoms with Crippen LogP contribution in [0.4, 0.5) is 4.39 Å². The van der Waals surface area contributed by atoms with E-state index in [4.69, 9.17) is 4.74 Å². The molecule has 0 bridgehead atoms. The van der Waals surface area contributed by atoms with Crippen LogP contribution in [0.5, 0.6) is 5.75 Å². The van der Waals surface area contributed by atoms with Crippen molar-refractivity contribution in [2.24, 2.45) is 5.41 Å². The van der Waals surface area contributed by atoms with Gasteiger partial charge >= 0.3 is 0 Å². The topological polar surface area (TPSA) is 53.1 Å². The fourth-order valence-corrected chi connectivity index (χ4v) is 6.66. The Bertz CT molecular complexity index is 1110. The molecule has 3 fully saturated rings. The monoisotopic (exact) mass is 521 g/mol. The predicted octanol–water partition coefficient (Wildman–Crippen LogP) is 4.49. The number of nitrogens with zero attached hydrogens (tertiary/aromatic N) is 3. The number of para-hydroxylation sites is 1. The van der Waals surface area contributed by atoms with Gasteiger partial charge < -0.3 is 19.4 Å². The van der Waals surface area contributed by atoms with Crippen molar-refractivity contribution in [1.82, 2.24) is 14.7 Å². The molecule has 0 spiro atoms. The van der Waals surface area contributed by atoms with Crippen LogP contribution in [0.15, 0.2) is 54.6 Å². The molecule has 2 aromatic rings. The quantitative estimate of drug-likeness (QED) is 0.539. The molecule has 204 valence electrons. The molecule has 5 rings (SSSR count). The minimum Gasteiger partial charge on any atom is -0.493 e. The lowest BCUT2D eigenvalue weighted by Crippen LogP contribution is -2.56. The fourth-order valence-electron chi connectivity index (χ4n) is 6.66. The number of hydrogen-bond donors (Lipinski definition) is 0. The van der Waals surface area contributed by atoms with Gasteiger partial charge in [0.1, 0.15) is 11.6 Å². The largest absolute Gasteiger partial charge is 0.493 e. The van der Waals surface area contributed by atoms with E-state index < -0.39 is 10.8 Å². The first-order valence-electron chi connectivity index (χ1n) is 14.1. The number of halogens is 1. The molecular formula is C31H40FN3O3. The molecule has 0 radical (unpaired) electrons. The Hall–Kier alpha value is -2.93. The molecule has 7 heteroatoms. The maximum Gasteiger partial charge on any atom is 0.233 e. The van der Waals surface area contributed by atoms with E-state index in [0.29, 0.717) is 44.5 Å². The van der Waals surface area contributed by atoms with Gasteiger partial charge in [-0.25, -0.2) is 4.39 Å². The molecule has 0 N–H and O–H groups in total. The summed E-state index contributed by atoms with van der Waals surface area (Å²) in [5, 5.41) is 0. The van der Waals surface area contributed by atoms with Crippen LogP contribution in [0.1, 0.15) is 50.5 Å². The van der Waals surface area contributed by atoms with Crippen molar-refractivity contribution in [1.29, 1.82) is 0 Å². The van der Waals surface area contributed by atoms with E-state index in [1.165, 1.54) is 6.07 Å². The Labute approximate surface area is 225 Å². The number of piperidine rings is 1. The normalized spacial score (nSPS) is 23.8. The summed E-state index contributed by atoms with van der Waals surface area (Å²) in [5.74, 6) is 0.606. The van der Waals surface area contributed by atoms with E-state index in [9.17, 15) is 9.59 Å². The van der Waals surface area contributed by atoms with Gasteiger partial charge in [-0.2, -0.15) is 0 Å². The second kappa shape index (κ2) is 11.4. The first-order valence-corrected chi connectivity index (χ1v) is 14.1. The molecule has 1 saturated carbocycles. The number of rotatable bonds is 7. The zero-order valence-corrected chi connectivity index (χ0v) is 22.5. The third kappa shape index (κ3) is 5.58. The molecule has 2 aliphatic heterocycles. The maximum atomic E-state index is 15.0. The highest BCUT2D eigenvalue weighted by atomic mass is 19.1. The van der Waals surface area contributed by atoms with Crippen LogP contribution >= 0.6 is 0 Å². The summed E-state index contributed by atoms with van der Waals surface area (Å²) in [4.78, 5) is 34.0. The number of piperazine rings is 1. The summed E-state index contributed by atoms with van der Waals surface area (Å²) < 4.78 is 21.3. The molecule has 2 aromatic carbocycles. The van der Waals surface area contributed by atoms with Gasteiger partial charge in [-0.15, -0.1) is 0 Å². The standard InChI is InChI=1S/C31H40FN3O3/c1-33-18-20-34(21-19-33)28(36)22-30(24-38-25-10-3-2-4-11-25)14-9-17-35(23-30)29(37)31(15-7-8-16-31)26-12-5-6-13-27(26)32/h2-6,10-13H,7-9,14-24H2,1H3/t30-/m0/s1. The van der Waals surface area contributed by atoms with Gasteiger partial charge in [0, 0.05) is 56.7 Å². The number of amides is 2. The van der Waals surface area contributed by atoms with Gasteiger partial charge in [-0.3, -0.25) is 9.59 Å². The van der Waals surface area contributed by atoms with Gasteiger partial charge in [-0.1, -0.05) is 49.2 Å². The zero-order valence-electron chi connectivity index (χ0n) is 22.5. The summed E-state index contributed by atoms with van der Waals surface area (Å²) in [6.07, 6.45) is 5.12. The molecule has 6 nitrogen and oxygen atoms in total. The lowest BCUT2D eigenvalue weighted by Gasteiger charge is -2.46. The van der Waals surface area contributed by atoms with Gasteiger partial charge in [0.15, 0.2) is 0 Å². The van der Waals surface area contributed by atoms with Crippen molar-refractivity contribution >= 4 is 11.8 Å². The van der Waals surface area contributed by atoms with Gasteiger partial charge in [-0.05, 0) is 50.9 Å². The van der Waals surface area contributed by atoms with Crippen molar-refractivity contribution in [3.63, 3.8) is 0 Å². The Morgan fingerprint density at radius 2 is 1.53 bits per heavy atom. The molecule has 38 heavy (non-hydrogen) atoms. The van der Waals surface area contributed by atoms with Crippen LogP contribution in [0, 0.1) is 11.2 Å². The van der Waals surface area contributed by atoms with Crippen LogP contribution < -0.4 is 4.74 Å². The molecule has 0 aromatic heterocycles. The number of hydrogen-bond acceptors (Lipinski definition) is 4. The van der Waals surface area contributed by atoms with Crippen molar-refractivity contribution in [2.75, 3.05) is 52.9 Å². The average Bonchev–Trinajstić information content (AvgIpc) is 3.44.